The third kappa shape index (κ3) is 3.44. The molecular formula is C14H21N3O2. The van der Waals surface area contributed by atoms with Gasteiger partial charge in [0, 0.05) is 44.4 Å². The predicted octanol–water partition coefficient (Wildman–Crippen LogP) is 0.578. The molecule has 0 spiro atoms. The number of pyridine rings is 1. The number of hydrogen-bond donors (Lipinski definition) is 1. The molecule has 1 amide bonds. The summed E-state index contributed by atoms with van der Waals surface area (Å²) in [5.74, 6) is 0.103. The average molecular weight is 263 g/mol. The summed E-state index contributed by atoms with van der Waals surface area (Å²) in [5.41, 5.74) is 5.65. The molecule has 1 aliphatic rings. The van der Waals surface area contributed by atoms with Crippen LogP contribution in [0.4, 0.5) is 0 Å². The van der Waals surface area contributed by atoms with Gasteiger partial charge in [-0.2, -0.15) is 0 Å². The zero-order valence-corrected chi connectivity index (χ0v) is 11.1. The molecule has 5 nitrogen and oxygen atoms in total. The molecule has 0 aromatic carbocycles. The van der Waals surface area contributed by atoms with Gasteiger partial charge in [0.25, 0.3) is 5.56 Å². The van der Waals surface area contributed by atoms with E-state index in [1.165, 1.54) is 6.07 Å². The Bertz CT molecular complexity index is 484. The summed E-state index contributed by atoms with van der Waals surface area (Å²) in [4.78, 5) is 25.6. The van der Waals surface area contributed by atoms with Crippen LogP contribution < -0.4 is 11.3 Å². The van der Waals surface area contributed by atoms with Crippen molar-refractivity contribution in [2.75, 3.05) is 13.1 Å². The summed E-state index contributed by atoms with van der Waals surface area (Å²) < 4.78 is 1.57. The lowest BCUT2D eigenvalue weighted by Crippen LogP contribution is -2.47. The van der Waals surface area contributed by atoms with Crippen molar-refractivity contribution in [1.82, 2.24) is 9.47 Å². The van der Waals surface area contributed by atoms with E-state index in [-0.39, 0.29) is 17.5 Å². The van der Waals surface area contributed by atoms with Crippen molar-refractivity contribution >= 4 is 5.91 Å². The average Bonchev–Trinajstić information content (AvgIpc) is 2.46. The first-order chi connectivity index (χ1) is 9.22. The molecule has 0 bridgehead atoms. The number of likely N-dealkylation sites (tertiary alicyclic amines) is 1. The molecule has 19 heavy (non-hydrogen) atoms. The molecule has 1 atom stereocenters. The van der Waals surface area contributed by atoms with Crippen LogP contribution in [0, 0.1) is 0 Å². The summed E-state index contributed by atoms with van der Waals surface area (Å²) >= 11 is 0. The van der Waals surface area contributed by atoms with E-state index in [0.717, 1.165) is 25.8 Å². The SMILES string of the molecule is NCC1CCCCN1C(=O)CCn1ccccc1=O. The summed E-state index contributed by atoms with van der Waals surface area (Å²) in [6, 6.07) is 5.19. The second-order valence-corrected chi connectivity index (χ2v) is 4.95. The van der Waals surface area contributed by atoms with E-state index in [1.54, 1.807) is 22.9 Å². The van der Waals surface area contributed by atoms with Gasteiger partial charge in [0.1, 0.15) is 0 Å². The number of amides is 1. The van der Waals surface area contributed by atoms with Crippen LogP contribution in [0.1, 0.15) is 25.7 Å². The third-order valence-corrected chi connectivity index (χ3v) is 3.69. The molecule has 1 unspecified atom stereocenters. The first-order valence-electron chi connectivity index (χ1n) is 6.87. The number of carbonyl (C=O) groups is 1. The van der Waals surface area contributed by atoms with E-state index < -0.39 is 0 Å². The fourth-order valence-corrected chi connectivity index (χ4v) is 2.58. The van der Waals surface area contributed by atoms with Crippen molar-refractivity contribution < 1.29 is 4.79 Å². The summed E-state index contributed by atoms with van der Waals surface area (Å²) in [7, 11) is 0. The maximum absolute atomic E-state index is 12.2. The van der Waals surface area contributed by atoms with Crippen LogP contribution in [-0.2, 0) is 11.3 Å². The van der Waals surface area contributed by atoms with Gasteiger partial charge in [-0.15, -0.1) is 0 Å². The minimum absolute atomic E-state index is 0.0654. The first-order valence-corrected chi connectivity index (χ1v) is 6.87. The highest BCUT2D eigenvalue weighted by Gasteiger charge is 2.24. The van der Waals surface area contributed by atoms with Crippen LogP contribution in [0.2, 0.25) is 0 Å². The van der Waals surface area contributed by atoms with Gasteiger partial charge >= 0.3 is 0 Å². The molecule has 1 aromatic heterocycles. The largest absolute Gasteiger partial charge is 0.338 e. The molecule has 104 valence electrons. The van der Waals surface area contributed by atoms with Crippen LogP contribution in [0.3, 0.4) is 0 Å². The van der Waals surface area contributed by atoms with E-state index in [1.807, 2.05) is 4.90 Å². The lowest BCUT2D eigenvalue weighted by molar-refractivity contribution is -0.134. The second-order valence-electron chi connectivity index (χ2n) is 4.95. The Morgan fingerprint density at radius 2 is 2.21 bits per heavy atom. The monoisotopic (exact) mass is 263 g/mol. The standard InChI is InChI=1S/C14H21N3O2/c15-11-12-5-1-4-9-17(12)14(19)7-10-16-8-3-2-6-13(16)18/h2-3,6,8,12H,1,4-5,7,9-11,15H2. The lowest BCUT2D eigenvalue weighted by atomic mass is 10.0. The van der Waals surface area contributed by atoms with E-state index in [2.05, 4.69) is 0 Å². The van der Waals surface area contributed by atoms with E-state index in [9.17, 15) is 9.59 Å². The molecule has 1 aromatic rings. The van der Waals surface area contributed by atoms with Crippen LogP contribution in [0.15, 0.2) is 29.2 Å². The molecule has 0 saturated carbocycles. The minimum atomic E-state index is -0.0654. The number of hydrogen-bond acceptors (Lipinski definition) is 3. The molecule has 2 rings (SSSR count). The van der Waals surface area contributed by atoms with Gasteiger partial charge in [-0.1, -0.05) is 6.07 Å². The number of aryl methyl sites for hydroxylation is 1. The normalized spacial score (nSPS) is 19.4. The Balaban J connectivity index is 1.94. The summed E-state index contributed by atoms with van der Waals surface area (Å²) in [6.45, 7) is 1.76. The molecule has 5 heteroatoms. The Hall–Kier alpha value is -1.62. The van der Waals surface area contributed by atoms with Crippen LogP contribution >= 0.6 is 0 Å². The van der Waals surface area contributed by atoms with E-state index >= 15 is 0 Å². The van der Waals surface area contributed by atoms with Gasteiger partial charge in [-0.05, 0) is 25.3 Å². The van der Waals surface area contributed by atoms with E-state index in [0.29, 0.717) is 19.5 Å². The molecule has 0 aliphatic carbocycles. The molecule has 0 radical (unpaired) electrons. The van der Waals surface area contributed by atoms with Crippen LogP contribution in [0.5, 0.6) is 0 Å². The van der Waals surface area contributed by atoms with Gasteiger partial charge in [0.05, 0.1) is 0 Å². The molecular weight excluding hydrogens is 242 g/mol. The van der Waals surface area contributed by atoms with Crippen molar-refractivity contribution in [3.63, 3.8) is 0 Å². The zero-order valence-electron chi connectivity index (χ0n) is 11.1. The van der Waals surface area contributed by atoms with E-state index in [4.69, 9.17) is 5.73 Å². The van der Waals surface area contributed by atoms with Gasteiger partial charge in [0.15, 0.2) is 0 Å². The Morgan fingerprint density at radius 1 is 1.37 bits per heavy atom. The molecule has 1 aliphatic heterocycles. The zero-order chi connectivity index (χ0) is 13.7. The minimum Gasteiger partial charge on any atom is -0.338 e. The van der Waals surface area contributed by atoms with Crippen molar-refractivity contribution in [2.45, 2.75) is 38.3 Å². The Labute approximate surface area is 113 Å². The van der Waals surface area contributed by atoms with Crippen molar-refractivity contribution in [3.8, 4) is 0 Å². The van der Waals surface area contributed by atoms with Gasteiger partial charge < -0.3 is 15.2 Å². The molecule has 2 heterocycles. The Morgan fingerprint density at radius 3 is 2.95 bits per heavy atom. The fourth-order valence-electron chi connectivity index (χ4n) is 2.58. The highest BCUT2D eigenvalue weighted by molar-refractivity contribution is 5.76. The number of carbonyl (C=O) groups excluding carboxylic acids is 1. The lowest BCUT2D eigenvalue weighted by Gasteiger charge is -2.35. The van der Waals surface area contributed by atoms with Crippen LogP contribution in [-0.4, -0.2) is 34.5 Å². The second kappa shape index (κ2) is 6.52. The maximum atomic E-state index is 12.2. The number of piperidine rings is 1. The van der Waals surface area contributed by atoms with Gasteiger partial charge in [0.2, 0.25) is 5.91 Å². The highest BCUT2D eigenvalue weighted by Crippen LogP contribution is 2.17. The van der Waals surface area contributed by atoms with Crippen molar-refractivity contribution in [2.24, 2.45) is 5.73 Å². The van der Waals surface area contributed by atoms with Crippen molar-refractivity contribution in [1.29, 1.82) is 0 Å². The van der Waals surface area contributed by atoms with Gasteiger partial charge in [-0.3, -0.25) is 9.59 Å². The molecule has 1 fully saturated rings. The number of nitrogens with two attached hydrogens (primary N) is 1. The summed E-state index contributed by atoms with van der Waals surface area (Å²) in [5, 5.41) is 0. The fraction of sp³-hybridized carbons (Fsp3) is 0.571. The molecule has 2 N–H and O–H groups in total. The van der Waals surface area contributed by atoms with Crippen LogP contribution in [0.25, 0.3) is 0 Å². The number of rotatable bonds is 4. The highest BCUT2D eigenvalue weighted by atomic mass is 16.2. The Kier molecular flexibility index (Phi) is 4.74. The quantitative estimate of drug-likeness (QED) is 0.864. The summed E-state index contributed by atoms with van der Waals surface area (Å²) in [6.07, 6.45) is 5.26. The van der Waals surface area contributed by atoms with Gasteiger partial charge in [-0.25, -0.2) is 0 Å². The predicted molar refractivity (Wildman–Crippen MR) is 73.7 cm³/mol. The number of nitrogens with zero attached hydrogens (tertiary/aromatic N) is 2. The molecule has 1 saturated heterocycles. The first kappa shape index (κ1) is 13.8. The van der Waals surface area contributed by atoms with Crippen molar-refractivity contribution in [3.05, 3.63) is 34.7 Å². The third-order valence-electron chi connectivity index (χ3n) is 3.69. The maximum Gasteiger partial charge on any atom is 0.250 e. The number of aromatic nitrogens is 1. The topological polar surface area (TPSA) is 68.3 Å². The smallest absolute Gasteiger partial charge is 0.250 e.